The molecule has 30 heavy (non-hydrogen) atoms. The summed E-state index contributed by atoms with van der Waals surface area (Å²) in [7, 11) is 1.45. The number of nitrogens with zero attached hydrogens (tertiary/aromatic N) is 2. The summed E-state index contributed by atoms with van der Waals surface area (Å²) >= 11 is 0. The van der Waals surface area contributed by atoms with E-state index in [0.29, 0.717) is 22.2 Å². The van der Waals surface area contributed by atoms with Crippen molar-refractivity contribution in [2.75, 3.05) is 7.11 Å². The van der Waals surface area contributed by atoms with Crippen molar-refractivity contribution in [1.82, 2.24) is 9.55 Å². The Morgan fingerprint density at radius 1 is 0.900 bits per heavy atom. The van der Waals surface area contributed by atoms with Crippen LogP contribution in [0.3, 0.4) is 0 Å². The zero-order valence-electron chi connectivity index (χ0n) is 16.0. The summed E-state index contributed by atoms with van der Waals surface area (Å²) in [6.07, 6.45) is 3.09. The van der Waals surface area contributed by atoms with Crippen molar-refractivity contribution >= 4 is 23.1 Å². The number of ether oxygens (including phenoxy) is 1. The second kappa shape index (κ2) is 7.63. The molecule has 0 aliphatic heterocycles. The van der Waals surface area contributed by atoms with Crippen molar-refractivity contribution in [2.45, 2.75) is 0 Å². The van der Waals surface area contributed by atoms with Gasteiger partial charge in [-0.25, -0.2) is 4.98 Å². The first-order valence-corrected chi connectivity index (χ1v) is 9.08. The van der Waals surface area contributed by atoms with Gasteiger partial charge in [0.15, 0.2) is 11.5 Å². The van der Waals surface area contributed by atoms with Crippen LogP contribution in [0.4, 0.5) is 0 Å². The summed E-state index contributed by atoms with van der Waals surface area (Å²) in [5.74, 6) is -0.130. The Kier molecular flexibility index (Phi) is 4.85. The van der Waals surface area contributed by atoms with E-state index in [1.165, 1.54) is 31.4 Å². The highest BCUT2D eigenvalue weighted by molar-refractivity contribution is 5.81. The molecular formula is C23H18N2O5. The van der Waals surface area contributed by atoms with E-state index in [1.54, 1.807) is 48.5 Å². The average Bonchev–Trinajstić information content (AvgIpc) is 2.74. The van der Waals surface area contributed by atoms with Crippen LogP contribution in [0.5, 0.6) is 23.0 Å². The van der Waals surface area contributed by atoms with Crippen LogP contribution in [0.1, 0.15) is 11.4 Å². The summed E-state index contributed by atoms with van der Waals surface area (Å²) in [6.45, 7) is 0. The highest BCUT2D eigenvalue weighted by Crippen LogP contribution is 2.33. The lowest BCUT2D eigenvalue weighted by Crippen LogP contribution is -2.22. The van der Waals surface area contributed by atoms with E-state index in [1.807, 2.05) is 0 Å². The molecule has 0 radical (unpaired) electrons. The third-order valence-corrected chi connectivity index (χ3v) is 4.68. The van der Waals surface area contributed by atoms with Crippen molar-refractivity contribution in [1.29, 1.82) is 0 Å². The van der Waals surface area contributed by atoms with E-state index in [-0.39, 0.29) is 28.8 Å². The molecule has 3 N–H and O–H groups in total. The predicted octanol–water partition coefficient (Wildman–Crippen LogP) is 3.68. The third-order valence-electron chi connectivity index (χ3n) is 4.68. The molecule has 0 amide bonds. The van der Waals surface area contributed by atoms with Gasteiger partial charge in [-0.1, -0.05) is 30.3 Å². The second-order valence-corrected chi connectivity index (χ2v) is 6.50. The zero-order chi connectivity index (χ0) is 21.3. The first-order chi connectivity index (χ1) is 14.5. The minimum atomic E-state index is -0.452. The number of phenolic OH excluding ortho intramolecular Hbond substituents is 3. The van der Waals surface area contributed by atoms with Crippen LogP contribution < -0.4 is 10.3 Å². The molecule has 0 atom stereocenters. The molecule has 4 aromatic rings. The summed E-state index contributed by atoms with van der Waals surface area (Å²) < 4.78 is 6.26. The van der Waals surface area contributed by atoms with Crippen LogP contribution in [-0.4, -0.2) is 32.0 Å². The lowest BCUT2D eigenvalue weighted by atomic mass is 10.1. The Bertz CT molecular complexity index is 1320. The molecule has 7 nitrogen and oxygen atoms in total. The number of para-hydroxylation sites is 3. The summed E-state index contributed by atoms with van der Waals surface area (Å²) in [5, 5.41) is 31.3. The average molecular weight is 402 g/mol. The van der Waals surface area contributed by atoms with Gasteiger partial charge in [-0.2, -0.15) is 0 Å². The first kappa shape index (κ1) is 19.1. The van der Waals surface area contributed by atoms with Gasteiger partial charge in [-0.3, -0.25) is 9.36 Å². The van der Waals surface area contributed by atoms with E-state index >= 15 is 0 Å². The number of methoxy groups -OCH3 is 1. The molecular weight excluding hydrogens is 384 g/mol. The maximum absolute atomic E-state index is 13.2. The number of fused-ring (bicyclic) bond motifs is 1. The summed E-state index contributed by atoms with van der Waals surface area (Å²) in [4.78, 5) is 17.8. The topological polar surface area (TPSA) is 105 Å². The highest BCUT2D eigenvalue weighted by Gasteiger charge is 2.17. The molecule has 0 spiro atoms. The fraction of sp³-hybridized carbons (Fsp3) is 0.0435. The van der Waals surface area contributed by atoms with Crippen molar-refractivity contribution < 1.29 is 20.1 Å². The molecule has 7 heteroatoms. The van der Waals surface area contributed by atoms with E-state index in [9.17, 15) is 20.1 Å². The standard InChI is InChI=1S/C23H18N2O5/c1-30-19-11-4-6-14(22(19)28)12-13-20-24-16-8-3-2-7-15(16)23(29)25(20)21-17(26)9-5-10-18(21)27/h2-13,26-28H,1H3. The van der Waals surface area contributed by atoms with Crippen molar-refractivity contribution in [2.24, 2.45) is 0 Å². The van der Waals surface area contributed by atoms with Gasteiger partial charge in [-0.05, 0) is 42.5 Å². The van der Waals surface area contributed by atoms with E-state index in [0.717, 1.165) is 4.57 Å². The maximum Gasteiger partial charge on any atom is 0.266 e. The van der Waals surface area contributed by atoms with Crippen LogP contribution in [0.25, 0.3) is 28.7 Å². The quantitative estimate of drug-likeness (QED) is 0.481. The van der Waals surface area contributed by atoms with Crippen molar-refractivity contribution in [3.8, 4) is 28.7 Å². The lowest BCUT2D eigenvalue weighted by Gasteiger charge is -2.14. The summed E-state index contributed by atoms with van der Waals surface area (Å²) in [6, 6.07) is 16.0. The van der Waals surface area contributed by atoms with Gasteiger partial charge in [0, 0.05) is 5.56 Å². The minimum absolute atomic E-state index is 0.0589. The van der Waals surface area contributed by atoms with Gasteiger partial charge < -0.3 is 20.1 Å². The van der Waals surface area contributed by atoms with Crippen LogP contribution >= 0.6 is 0 Å². The third kappa shape index (κ3) is 3.22. The van der Waals surface area contributed by atoms with Crippen LogP contribution in [0.15, 0.2) is 65.5 Å². The molecule has 0 saturated carbocycles. The highest BCUT2D eigenvalue weighted by atomic mass is 16.5. The van der Waals surface area contributed by atoms with E-state index < -0.39 is 5.56 Å². The Hall–Kier alpha value is -4.26. The van der Waals surface area contributed by atoms with Crippen molar-refractivity contribution in [3.05, 3.63) is 82.4 Å². The first-order valence-electron chi connectivity index (χ1n) is 9.08. The van der Waals surface area contributed by atoms with Gasteiger partial charge >= 0.3 is 0 Å². The van der Waals surface area contributed by atoms with Gasteiger partial charge in [0.05, 0.1) is 18.0 Å². The molecule has 4 rings (SSSR count). The normalized spacial score (nSPS) is 11.2. The number of aromatic nitrogens is 2. The monoisotopic (exact) mass is 402 g/mol. The smallest absolute Gasteiger partial charge is 0.266 e. The van der Waals surface area contributed by atoms with Gasteiger partial charge in [0.1, 0.15) is 23.0 Å². The SMILES string of the molecule is COc1cccc(C=Cc2nc3ccccc3c(=O)n2-c2c(O)cccc2O)c1O. The van der Waals surface area contributed by atoms with Crippen molar-refractivity contribution in [3.63, 3.8) is 0 Å². The number of aromatic hydroxyl groups is 3. The molecule has 0 aliphatic rings. The number of benzene rings is 3. The fourth-order valence-electron chi connectivity index (χ4n) is 3.23. The molecule has 0 fully saturated rings. The van der Waals surface area contributed by atoms with Crippen LogP contribution in [0.2, 0.25) is 0 Å². The number of hydrogen-bond acceptors (Lipinski definition) is 6. The Balaban J connectivity index is 1.99. The molecule has 0 aliphatic carbocycles. The number of phenols is 3. The minimum Gasteiger partial charge on any atom is -0.506 e. The van der Waals surface area contributed by atoms with Gasteiger partial charge in [0.25, 0.3) is 5.56 Å². The molecule has 1 heterocycles. The Labute approximate surface area is 171 Å². The van der Waals surface area contributed by atoms with Crippen LogP contribution in [0, 0.1) is 0 Å². The lowest BCUT2D eigenvalue weighted by molar-refractivity contribution is 0.373. The number of hydrogen-bond donors (Lipinski definition) is 3. The Morgan fingerprint density at radius 3 is 2.33 bits per heavy atom. The predicted molar refractivity (Wildman–Crippen MR) is 114 cm³/mol. The molecule has 0 saturated heterocycles. The maximum atomic E-state index is 13.2. The molecule has 150 valence electrons. The molecule has 0 bridgehead atoms. The largest absolute Gasteiger partial charge is 0.506 e. The molecule has 3 aromatic carbocycles. The van der Waals surface area contributed by atoms with E-state index in [4.69, 9.17) is 4.74 Å². The van der Waals surface area contributed by atoms with Crippen LogP contribution in [-0.2, 0) is 0 Å². The van der Waals surface area contributed by atoms with Gasteiger partial charge in [-0.15, -0.1) is 0 Å². The molecule has 0 unspecified atom stereocenters. The fourth-order valence-corrected chi connectivity index (χ4v) is 3.23. The zero-order valence-corrected chi connectivity index (χ0v) is 16.0. The Morgan fingerprint density at radius 2 is 1.60 bits per heavy atom. The second-order valence-electron chi connectivity index (χ2n) is 6.50. The number of rotatable bonds is 4. The summed E-state index contributed by atoms with van der Waals surface area (Å²) in [5.41, 5.74) is 0.384. The van der Waals surface area contributed by atoms with Gasteiger partial charge in [0.2, 0.25) is 0 Å². The molecule has 1 aromatic heterocycles. The van der Waals surface area contributed by atoms with E-state index in [2.05, 4.69) is 4.98 Å².